The van der Waals surface area contributed by atoms with E-state index in [0.717, 1.165) is 36.1 Å². The number of hydrogen-bond acceptors (Lipinski definition) is 7. The van der Waals surface area contributed by atoms with Crippen molar-refractivity contribution in [3.63, 3.8) is 0 Å². The first-order valence-electron chi connectivity index (χ1n) is 9.25. The van der Waals surface area contributed by atoms with Gasteiger partial charge in [0.1, 0.15) is 6.10 Å². The third kappa shape index (κ3) is 2.03. The van der Waals surface area contributed by atoms with Crippen molar-refractivity contribution in [2.24, 2.45) is 16.7 Å². The maximum absolute atomic E-state index is 10.3. The summed E-state index contributed by atoms with van der Waals surface area (Å²) in [7, 11) is 0. The van der Waals surface area contributed by atoms with Crippen LogP contribution in [0, 0.1) is 63.1 Å². The van der Waals surface area contributed by atoms with Crippen LogP contribution in [0.25, 0.3) is 0 Å². The van der Waals surface area contributed by atoms with Gasteiger partial charge in [0, 0.05) is 11.3 Å². The Morgan fingerprint density at radius 3 is 2.52 bits per heavy atom. The van der Waals surface area contributed by atoms with Crippen LogP contribution in [0.15, 0.2) is 11.4 Å². The van der Waals surface area contributed by atoms with E-state index in [9.17, 15) is 15.8 Å². The summed E-state index contributed by atoms with van der Waals surface area (Å²) in [5, 5.41) is 41.1. The summed E-state index contributed by atoms with van der Waals surface area (Å²) in [4.78, 5) is 0.760. The monoisotopic (exact) mass is 380 g/mol. The van der Waals surface area contributed by atoms with Crippen molar-refractivity contribution in [1.82, 2.24) is 0 Å². The average molecular weight is 380 g/mol. The zero-order valence-corrected chi connectivity index (χ0v) is 15.9. The molecule has 27 heavy (non-hydrogen) atoms. The predicted molar refractivity (Wildman–Crippen MR) is 97.3 cm³/mol. The van der Waals surface area contributed by atoms with Gasteiger partial charge in [-0.2, -0.15) is 15.8 Å². The first kappa shape index (κ1) is 18.0. The molecule has 0 spiro atoms. The van der Waals surface area contributed by atoms with E-state index in [1.807, 2.05) is 18.4 Å². The topological polar surface area (TPSA) is 114 Å². The van der Waals surface area contributed by atoms with Crippen LogP contribution in [-0.2, 0) is 9.47 Å². The van der Waals surface area contributed by atoms with Crippen LogP contribution in [-0.4, -0.2) is 11.7 Å². The fourth-order valence-corrected chi connectivity index (χ4v) is 6.12. The number of nitrogens with one attached hydrogen (secondary N) is 1. The third-order valence-corrected chi connectivity index (χ3v) is 7.52. The minimum Gasteiger partial charge on any atom is -0.447 e. The summed E-state index contributed by atoms with van der Waals surface area (Å²) in [6, 6.07) is 8.40. The summed E-state index contributed by atoms with van der Waals surface area (Å²) < 4.78 is 12.5. The van der Waals surface area contributed by atoms with Gasteiger partial charge in [-0.1, -0.05) is 19.3 Å². The number of aryl methyl sites for hydroxylation is 1. The summed E-state index contributed by atoms with van der Waals surface area (Å²) >= 11 is 1.41. The fraction of sp³-hybridized carbons (Fsp3) is 0.600. The molecule has 1 saturated carbocycles. The zero-order chi connectivity index (χ0) is 19.3. The minimum atomic E-state index is -1.82. The molecule has 1 aliphatic carbocycles. The summed E-state index contributed by atoms with van der Waals surface area (Å²) in [6.07, 6.45) is 4.07. The second-order valence-electron chi connectivity index (χ2n) is 7.67. The second-order valence-corrected chi connectivity index (χ2v) is 8.61. The molecule has 2 aliphatic heterocycles. The lowest BCUT2D eigenvalue weighted by Crippen LogP contribution is -2.59. The number of ether oxygens (including phenoxy) is 2. The number of nitrogens with zero attached hydrogens (tertiary/aromatic N) is 3. The minimum absolute atomic E-state index is 0.281. The molecule has 6 nitrogen and oxygen atoms in total. The van der Waals surface area contributed by atoms with Gasteiger partial charge < -0.3 is 9.47 Å². The Labute approximate surface area is 162 Å². The van der Waals surface area contributed by atoms with E-state index in [0.29, 0.717) is 12.8 Å². The molecule has 2 bridgehead atoms. The molecule has 0 radical (unpaired) electrons. The van der Waals surface area contributed by atoms with Crippen LogP contribution in [0.5, 0.6) is 0 Å². The van der Waals surface area contributed by atoms with Gasteiger partial charge in [-0.3, -0.25) is 5.41 Å². The van der Waals surface area contributed by atoms with E-state index in [1.54, 1.807) is 0 Å². The van der Waals surface area contributed by atoms with E-state index < -0.39 is 28.6 Å². The van der Waals surface area contributed by atoms with Crippen molar-refractivity contribution in [2.75, 3.05) is 0 Å². The Morgan fingerprint density at radius 1 is 1.15 bits per heavy atom. The molecule has 138 valence electrons. The number of rotatable bonds is 1. The zero-order valence-electron chi connectivity index (χ0n) is 15.1. The Morgan fingerprint density at radius 2 is 1.89 bits per heavy atom. The molecular formula is C20H20N4O2S. The van der Waals surface area contributed by atoms with Gasteiger partial charge in [-0.15, -0.1) is 11.3 Å². The van der Waals surface area contributed by atoms with E-state index in [4.69, 9.17) is 14.9 Å². The average Bonchev–Trinajstić information content (AvgIpc) is 3.14. The molecule has 4 atom stereocenters. The van der Waals surface area contributed by atoms with Crippen LogP contribution in [0.1, 0.15) is 55.1 Å². The third-order valence-electron chi connectivity index (χ3n) is 6.46. The molecule has 1 N–H and O–H groups in total. The van der Waals surface area contributed by atoms with E-state index in [-0.39, 0.29) is 5.90 Å². The lowest BCUT2D eigenvalue weighted by Gasteiger charge is -2.50. The van der Waals surface area contributed by atoms with E-state index in [2.05, 4.69) is 18.2 Å². The van der Waals surface area contributed by atoms with Crippen molar-refractivity contribution < 1.29 is 9.47 Å². The smallest absolute Gasteiger partial charge is 0.217 e. The quantitative estimate of drug-likeness (QED) is 0.778. The standard InChI is InChI=1S/C20H20N4O2S/c1-13-7-9-27-15(13)16-18(10-21,11-22)19(12-23)14-6-4-2-3-5-8-20(14,25-16)26-17(19)24/h7,9,14,16,24H,2-6,8H2,1H3. The van der Waals surface area contributed by atoms with Crippen LogP contribution in [0.3, 0.4) is 0 Å². The lowest BCUT2D eigenvalue weighted by molar-refractivity contribution is -0.288. The predicted octanol–water partition coefficient (Wildman–Crippen LogP) is 4.35. The Bertz CT molecular complexity index is 906. The molecule has 4 unspecified atom stereocenters. The molecule has 1 aromatic heterocycles. The van der Waals surface area contributed by atoms with Crippen LogP contribution >= 0.6 is 11.3 Å². The Balaban J connectivity index is 2.00. The van der Waals surface area contributed by atoms with Crippen LogP contribution < -0.4 is 0 Å². The number of nitriles is 3. The highest BCUT2D eigenvalue weighted by atomic mass is 32.1. The van der Waals surface area contributed by atoms with Gasteiger partial charge in [0.2, 0.25) is 17.1 Å². The molecule has 3 heterocycles. The van der Waals surface area contributed by atoms with Crippen molar-refractivity contribution in [3.8, 4) is 18.2 Å². The molecule has 3 fully saturated rings. The van der Waals surface area contributed by atoms with E-state index in [1.165, 1.54) is 11.3 Å². The SMILES string of the molecule is Cc1ccsc1C1OC23CCCCCCC2C(C#N)(C(=N)O3)C1(C#N)C#N. The van der Waals surface area contributed by atoms with Gasteiger partial charge in [0.05, 0.1) is 24.1 Å². The Kier molecular flexibility index (Phi) is 4.04. The van der Waals surface area contributed by atoms with Gasteiger partial charge >= 0.3 is 0 Å². The van der Waals surface area contributed by atoms with Crippen molar-refractivity contribution in [1.29, 1.82) is 21.2 Å². The highest BCUT2D eigenvalue weighted by Gasteiger charge is 2.80. The largest absolute Gasteiger partial charge is 0.447 e. The first-order chi connectivity index (χ1) is 13.0. The van der Waals surface area contributed by atoms with Crippen molar-refractivity contribution in [3.05, 3.63) is 21.9 Å². The molecule has 3 aliphatic rings. The maximum atomic E-state index is 10.3. The van der Waals surface area contributed by atoms with Gasteiger partial charge in [0.15, 0.2) is 5.41 Å². The van der Waals surface area contributed by atoms with Crippen LogP contribution in [0.2, 0.25) is 0 Å². The molecule has 1 aromatic rings. The van der Waals surface area contributed by atoms with Gasteiger partial charge in [-0.25, -0.2) is 0 Å². The lowest BCUT2D eigenvalue weighted by atomic mass is 9.52. The summed E-state index contributed by atoms with van der Waals surface area (Å²) in [5.74, 6) is -1.87. The molecule has 0 aromatic carbocycles. The normalized spacial score (nSPS) is 36.9. The first-order valence-corrected chi connectivity index (χ1v) is 10.1. The van der Waals surface area contributed by atoms with Gasteiger partial charge in [0.25, 0.3) is 0 Å². The molecular weight excluding hydrogens is 360 g/mol. The van der Waals surface area contributed by atoms with Crippen molar-refractivity contribution in [2.45, 2.75) is 57.3 Å². The number of hydrogen-bond donors (Lipinski definition) is 1. The van der Waals surface area contributed by atoms with Gasteiger partial charge in [-0.05, 0) is 36.8 Å². The van der Waals surface area contributed by atoms with Crippen LogP contribution in [0.4, 0.5) is 0 Å². The van der Waals surface area contributed by atoms with Crippen molar-refractivity contribution >= 4 is 17.2 Å². The summed E-state index contributed by atoms with van der Waals surface area (Å²) in [5.41, 5.74) is -2.52. The second kappa shape index (κ2) is 6.06. The Hall–Kier alpha value is -2.40. The molecule has 4 rings (SSSR count). The van der Waals surface area contributed by atoms with E-state index >= 15 is 0 Å². The fourth-order valence-electron chi connectivity index (χ4n) is 5.10. The highest BCUT2D eigenvalue weighted by molar-refractivity contribution is 7.10. The highest BCUT2D eigenvalue weighted by Crippen LogP contribution is 2.69. The summed E-state index contributed by atoms with van der Waals surface area (Å²) in [6.45, 7) is 1.91. The maximum Gasteiger partial charge on any atom is 0.217 e. The molecule has 0 amide bonds. The molecule has 2 saturated heterocycles. The molecule has 7 heteroatoms. The number of thiophene rings is 1.